The molecule has 1 aromatic heterocycles. The van der Waals surface area contributed by atoms with Crippen molar-refractivity contribution in [1.82, 2.24) is 10.4 Å². The number of hydrogen-bond acceptors (Lipinski definition) is 5. The molecule has 3 aromatic rings. The third-order valence-corrected chi connectivity index (χ3v) is 4.22. The van der Waals surface area contributed by atoms with Crippen molar-refractivity contribution in [2.24, 2.45) is 5.10 Å². The molecule has 0 aliphatic rings. The number of hydrazone groups is 1. The summed E-state index contributed by atoms with van der Waals surface area (Å²) in [6.45, 7) is 1.99. The van der Waals surface area contributed by atoms with Crippen molar-refractivity contribution < 1.29 is 14.3 Å². The molecule has 2 amide bonds. The highest BCUT2D eigenvalue weighted by Crippen LogP contribution is 2.12. The van der Waals surface area contributed by atoms with Crippen LogP contribution in [-0.4, -0.2) is 29.6 Å². The van der Waals surface area contributed by atoms with Gasteiger partial charge in [0.15, 0.2) is 6.61 Å². The number of rotatable bonds is 8. The number of anilines is 1. The van der Waals surface area contributed by atoms with Crippen molar-refractivity contribution in [3.8, 4) is 5.75 Å². The van der Waals surface area contributed by atoms with Gasteiger partial charge in [-0.2, -0.15) is 5.10 Å². The van der Waals surface area contributed by atoms with Gasteiger partial charge < -0.3 is 10.1 Å². The zero-order chi connectivity index (χ0) is 21.2. The molecule has 0 atom stereocenters. The minimum atomic E-state index is -0.316. The Labute approximate surface area is 174 Å². The number of ether oxygens (including phenoxy) is 1. The first-order valence-corrected chi connectivity index (χ1v) is 9.49. The number of amides is 2. The monoisotopic (exact) mass is 402 g/mol. The number of nitrogens with zero attached hydrogens (tertiary/aromatic N) is 2. The van der Waals surface area contributed by atoms with Crippen LogP contribution in [0.3, 0.4) is 0 Å². The quantitative estimate of drug-likeness (QED) is 0.446. The first-order valence-electron chi connectivity index (χ1n) is 9.49. The third kappa shape index (κ3) is 6.27. The molecular formula is C23H22N4O3. The average Bonchev–Trinajstić information content (AvgIpc) is 2.79. The maximum absolute atomic E-state index is 12.0. The molecule has 0 unspecified atom stereocenters. The molecule has 3 rings (SSSR count). The van der Waals surface area contributed by atoms with Crippen molar-refractivity contribution in [1.29, 1.82) is 0 Å². The summed E-state index contributed by atoms with van der Waals surface area (Å²) in [7, 11) is 0. The number of carbonyl (C=O) groups excluding carboxylic acids is 2. The van der Waals surface area contributed by atoms with E-state index in [1.54, 1.807) is 48.8 Å². The molecular weight excluding hydrogens is 380 g/mol. The van der Waals surface area contributed by atoms with Gasteiger partial charge in [0.05, 0.1) is 6.21 Å². The Hall–Kier alpha value is -4.00. The largest absolute Gasteiger partial charge is 0.484 e. The van der Waals surface area contributed by atoms with Crippen LogP contribution in [0.5, 0.6) is 5.75 Å². The predicted molar refractivity (Wildman–Crippen MR) is 116 cm³/mol. The Kier molecular flexibility index (Phi) is 7.27. The second-order valence-corrected chi connectivity index (χ2v) is 6.39. The fourth-order valence-electron chi connectivity index (χ4n) is 2.55. The van der Waals surface area contributed by atoms with Crippen LogP contribution in [-0.2, 0) is 11.2 Å². The van der Waals surface area contributed by atoms with Gasteiger partial charge in [-0.3, -0.25) is 14.6 Å². The summed E-state index contributed by atoms with van der Waals surface area (Å²) in [6, 6.07) is 17.9. The zero-order valence-electron chi connectivity index (χ0n) is 16.5. The summed E-state index contributed by atoms with van der Waals surface area (Å²) in [6.07, 6.45) is 5.56. The lowest BCUT2D eigenvalue weighted by molar-refractivity contribution is -0.118. The maximum atomic E-state index is 12.0. The van der Waals surface area contributed by atoms with E-state index in [2.05, 4.69) is 27.8 Å². The molecule has 2 aromatic carbocycles. The highest BCUT2D eigenvalue weighted by atomic mass is 16.5. The lowest BCUT2D eigenvalue weighted by Gasteiger charge is -2.08. The second kappa shape index (κ2) is 10.5. The fourth-order valence-corrected chi connectivity index (χ4v) is 2.55. The van der Waals surface area contributed by atoms with Gasteiger partial charge >= 0.3 is 0 Å². The molecule has 0 aliphatic carbocycles. The van der Waals surface area contributed by atoms with E-state index in [0.717, 1.165) is 17.7 Å². The topological polar surface area (TPSA) is 92.7 Å². The Balaban J connectivity index is 1.44. The van der Waals surface area contributed by atoms with Gasteiger partial charge in [-0.1, -0.05) is 19.1 Å². The molecule has 7 nitrogen and oxygen atoms in total. The Bertz CT molecular complexity index is 1000. The minimum Gasteiger partial charge on any atom is -0.484 e. The number of carbonyl (C=O) groups is 2. The van der Waals surface area contributed by atoms with E-state index in [1.807, 2.05) is 24.3 Å². The molecule has 0 spiro atoms. The smallest absolute Gasteiger partial charge is 0.271 e. The Morgan fingerprint density at radius 2 is 1.70 bits per heavy atom. The normalized spacial score (nSPS) is 10.6. The molecule has 0 saturated heterocycles. The van der Waals surface area contributed by atoms with E-state index in [9.17, 15) is 9.59 Å². The van der Waals surface area contributed by atoms with Crippen molar-refractivity contribution in [2.45, 2.75) is 13.3 Å². The second-order valence-electron chi connectivity index (χ2n) is 6.39. The molecule has 0 fully saturated rings. The summed E-state index contributed by atoms with van der Waals surface area (Å²) in [5, 5.41) is 6.73. The van der Waals surface area contributed by atoms with Gasteiger partial charge in [0, 0.05) is 23.6 Å². The van der Waals surface area contributed by atoms with E-state index < -0.39 is 0 Å². The van der Waals surface area contributed by atoms with Crippen LogP contribution >= 0.6 is 0 Å². The molecule has 30 heavy (non-hydrogen) atoms. The summed E-state index contributed by atoms with van der Waals surface area (Å²) in [5.41, 5.74) is 5.65. The fraction of sp³-hybridized carbons (Fsp3) is 0.130. The van der Waals surface area contributed by atoms with Crippen LogP contribution in [0, 0.1) is 0 Å². The lowest BCUT2D eigenvalue weighted by Crippen LogP contribution is -2.20. The van der Waals surface area contributed by atoms with E-state index in [1.165, 1.54) is 11.8 Å². The average molecular weight is 402 g/mol. The van der Waals surface area contributed by atoms with Crippen molar-refractivity contribution in [3.05, 3.63) is 89.7 Å². The first kappa shape index (κ1) is 20.7. The molecule has 0 bridgehead atoms. The van der Waals surface area contributed by atoms with Crippen LogP contribution in [0.1, 0.15) is 28.4 Å². The summed E-state index contributed by atoms with van der Waals surface area (Å²) in [4.78, 5) is 27.8. The van der Waals surface area contributed by atoms with Crippen LogP contribution in [0.25, 0.3) is 0 Å². The standard InChI is InChI=1S/C23H22N4O3/c1-2-17-3-7-20(8-4-17)26-22(28)16-30-21-9-5-18(6-10-21)15-25-27-23(29)19-11-13-24-14-12-19/h3-15H,2,16H2,1H3,(H,26,28)(H,27,29)/b25-15+. The van der Waals surface area contributed by atoms with Crippen LogP contribution in [0.2, 0.25) is 0 Å². The number of aromatic nitrogens is 1. The van der Waals surface area contributed by atoms with Gasteiger partial charge in [-0.15, -0.1) is 0 Å². The number of pyridine rings is 1. The van der Waals surface area contributed by atoms with Gasteiger partial charge in [0.1, 0.15) is 5.75 Å². The highest BCUT2D eigenvalue weighted by molar-refractivity contribution is 5.94. The number of nitrogens with one attached hydrogen (secondary N) is 2. The molecule has 7 heteroatoms. The summed E-state index contributed by atoms with van der Waals surface area (Å²) >= 11 is 0. The molecule has 0 radical (unpaired) electrons. The summed E-state index contributed by atoms with van der Waals surface area (Å²) < 4.78 is 5.51. The maximum Gasteiger partial charge on any atom is 0.271 e. The first-order chi connectivity index (χ1) is 14.6. The van der Waals surface area contributed by atoms with E-state index in [4.69, 9.17) is 4.74 Å². The van der Waals surface area contributed by atoms with Gasteiger partial charge in [-0.25, -0.2) is 5.43 Å². The third-order valence-electron chi connectivity index (χ3n) is 4.22. The molecule has 0 saturated carbocycles. The van der Waals surface area contributed by atoms with Crippen LogP contribution in [0.15, 0.2) is 78.2 Å². The van der Waals surface area contributed by atoms with Crippen molar-refractivity contribution >= 4 is 23.7 Å². The lowest BCUT2D eigenvalue weighted by atomic mass is 10.1. The predicted octanol–water partition coefficient (Wildman–Crippen LogP) is 3.43. The highest BCUT2D eigenvalue weighted by Gasteiger charge is 2.04. The van der Waals surface area contributed by atoms with Crippen LogP contribution < -0.4 is 15.5 Å². The Morgan fingerprint density at radius 1 is 1.00 bits per heavy atom. The number of aryl methyl sites for hydroxylation is 1. The van der Waals surface area contributed by atoms with E-state index in [0.29, 0.717) is 11.3 Å². The molecule has 1 heterocycles. The van der Waals surface area contributed by atoms with Gasteiger partial charge in [-0.05, 0) is 66.1 Å². The van der Waals surface area contributed by atoms with Crippen LogP contribution in [0.4, 0.5) is 5.69 Å². The van der Waals surface area contributed by atoms with Gasteiger partial charge in [0.25, 0.3) is 11.8 Å². The molecule has 0 aliphatic heterocycles. The SMILES string of the molecule is CCc1ccc(NC(=O)COc2ccc(/C=N/NC(=O)c3ccncc3)cc2)cc1. The zero-order valence-corrected chi connectivity index (χ0v) is 16.5. The van der Waals surface area contributed by atoms with Gasteiger partial charge in [0.2, 0.25) is 0 Å². The van der Waals surface area contributed by atoms with E-state index >= 15 is 0 Å². The van der Waals surface area contributed by atoms with Crippen molar-refractivity contribution in [3.63, 3.8) is 0 Å². The summed E-state index contributed by atoms with van der Waals surface area (Å²) in [5.74, 6) is 0.0112. The Morgan fingerprint density at radius 3 is 2.37 bits per heavy atom. The van der Waals surface area contributed by atoms with E-state index in [-0.39, 0.29) is 18.4 Å². The molecule has 152 valence electrons. The number of hydrogen-bond donors (Lipinski definition) is 2. The minimum absolute atomic E-state index is 0.0923. The molecule has 2 N–H and O–H groups in total. The van der Waals surface area contributed by atoms with Crippen molar-refractivity contribution in [2.75, 3.05) is 11.9 Å². The number of benzene rings is 2.